The third-order valence-electron chi connectivity index (χ3n) is 4.58. The lowest BCUT2D eigenvalue weighted by Gasteiger charge is -2.47. The molecule has 5 heteroatoms. The first kappa shape index (κ1) is 16.9. The Balaban J connectivity index is 2.60. The smallest absolute Gasteiger partial charge is 0.147 e. The molecule has 1 aliphatic carbocycles. The quantitative estimate of drug-likeness (QED) is 0.774. The van der Waals surface area contributed by atoms with E-state index in [0.29, 0.717) is 13.0 Å². The molecule has 1 aliphatic rings. The van der Waals surface area contributed by atoms with E-state index < -0.39 is 9.84 Å². The van der Waals surface area contributed by atoms with Crippen LogP contribution >= 0.6 is 0 Å². The van der Waals surface area contributed by atoms with Crippen molar-refractivity contribution >= 4 is 9.84 Å². The molecule has 0 aromatic heterocycles. The molecule has 0 amide bonds. The molecule has 1 saturated carbocycles. The minimum atomic E-state index is -2.85. The maximum Gasteiger partial charge on any atom is 0.147 e. The van der Waals surface area contributed by atoms with Gasteiger partial charge in [-0.15, -0.1) is 0 Å². The molecule has 0 saturated heterocycles. The zero-order chi connectivity index (χ0) is 14.5. The molecule has 19 heavy (non-hydrogen) atoms. The van der Waals surface area contributed by atoms with Gasteiger partial charge in [-0.2, -0.15) is 0 Å². The monoisotopic (exact) mass is 290 g/mol. The van der Waals surface area contributed by atoms with Gasteiger partial charge in [0.2, 0.25) is 0 Å². The lowest BCUT2D eigenvalue weighted by atomic mass is 9.76. The van der Waals surface area contributed by atoms with Gasteiger partial charge in [-0.3, -0.25) is 4.90 Å². The van der Waals surface area contributed by atoms with Crippen molar-refractivity contribution in [3.05, 3.63) is 0 Å². The fourth-order valence-corrected chi connectivity index (χ4v) is 3.85. The van der Waals surface area contributed by atoms with E-state index in [1.807, 2.05) is 0 Å². The van der Waals surface area contributed by atoms with Gasteiger partial charge in [-0.05, 0) is 51.1 Å². The van der Waals surface area contributed by atoms with E-state index in [0.717, 1.165) is 31.8 Å². The molecule has 0 bridgehead atoms. The summed E-state index contributed by atoms with van der Waals surface area (Å²) >= 11 is 0. The summed E-state index contributed by atoms with van der Waals surface area (Å²) in [6.45, 7) is 6.94. The second-order valence-corrected chi connectivity index (χ2v) is 8.43. The van der Waals surface area contributed by atoms with Gasteiger partial charge < -0.3 is 5.73 Å². The summed E-state index contributed by atoms with van der Waals surface area (Å²) in [7, 11) is -2.85. The average Bonchev–Trinajstić information content (AvgIpc) is 2.35. The number of hydrogen-bond acceptors (Lipinski definition) is 4. The van der Waals surface area contributed by atoms with Gasteiger partial charge in [-0.1, -0.05) is 13.8 Å². The summed E-state index contributed by atoms with van der Waals surface area (Å²) in [5, 5.41) is 0. The van der Waals surface area contributed by atoms with Crippen molar-refractivity contribution in [1.82, 2.24) is 4.90 Å². The number of hydrogen-bond donors (Lipinski definition) is 1. The number of likely N-dealkylation sites (N-methyl/N-ethyl adjacent to an activating group) is 1. The summed E-state index contributed by atoms with van der Waals surface area (Å²) in [6.07, 6.45) is 6.79. The maximum atomic E-state index is 11.2. The van der Waals surface area contributed by atoms with Crippen molar-refractivity contribution < 1.29 is 8.42 Å². The van der Waals surface area contributed by atoms with Crippen molar-refractivity contribution in [2.75, 3.05) is 31.6 Å². The van der Waals surface area contributed by atoms with Crippen molar-refractivity contribution in [3.8, 4) is 0 Å². The van der Waals surface area contributed by atoms with E-state index in [-0.39, 0.29) is 11.3 Å². The summed E-state index contributed by atoms with van der Waals surface area (Å²) < 4.78 is 22.5. The van der Waals surface area contributed by atoms with Crippen LogP contribution in [0.3, 0.4) is 0 Å². The number of rotatable bonds is 7. The highest BCUT2D eigenvalue weighted by molar-refractivity contribution is 7.90. The van der Waals surface area contributed by atoms with E-state index in [9.17, 15) is 8.42 Å². The highest BCUT2D eigenvalue weighted by atomic mass is 32.2. The number of sulfone groups is 1. The third kappa shape index (κ3) is 5.04. The van der Waals surface area contributed by atoms with E-state index in [2.05, 4.69) is 18.7 Å². The highest BCUT2D eigenvalue weighted by Crippen LogP contribution is 2.35. The molecule has 0 aromatic carbocycles. The fraction of sp³-hybridized carbons (Fsp3) is 1.00. The second-order valence-electron chi connectivity index (χ2n) is 6.17. The molecule has 0 heterocycles. The zero-order valence-corrected chi connectivity index (χ0v) is 13.5. The molecule has 0 unspecified atom stereocenters. The Morgan fingerprint density at radius 3 is 2.32 bits per heavy atom. The highest BCUT2D eigenvalue weighted by Gasteiger charge is 2.37. The van der Waals surface area contributed by atoms with Gasteiger partial charge in [0.1, 0.15) is 9.84 Å². The van der Waals surface area contributed by atoms with Crippen LogP contribution in [-0.4, -0.2) is 50.5 Å². The molecule has 0 spiro atoms. The molecule has 1 rings (SSSR count). The van der Waals surface area contributed by atoms with Crippen molar-refractivity contribution in [1.29, 1.82) is 0 Å². The van der Waals surface area contributed by atoms with Crippen LogP contribution in [0, 0.1) is 5.92 Å². The van der Waals surface area contributed by atoms with Crippen LogP contribution in [0.2, 0.25) is 0 Å². The zero-order valence-electron chi connectivity index (χ0n) is 12.7. The Labute approximate surface area is 118 Å². The first-order chi connectivity index (χ1) is 8.83. The summed E-state index contributed by atoms with van der Waals surface area (Å²) in [4.78, 5) is 2.42. The SMILES string of the molecule is CCN(CCCS(C)(=O)=O)C1(CN)CCC(C)CC1. The molecule has 2 N–H and O–H groups in total. The van der Waals surface area contributed by atoms with Crippen molar-refractivity contribution in [3.63, 3.8) is 0 Å². The summed E-state index contributed by atoms with van der Waals surface area (Å²) in [5.41, 5.74) is 6.17. The normalized spacial score (nSPS) is 28.8. The molecule has 0 atom stereocenters. The van der Waals surface area contributed by atoms with Crippen LogP contribution < -0.4 is 5.73 Å². The molecular formula is C14H30N2O2S. The Bertz CT molecular complexity index is 360. The van der Waals surface area contributed by atoms with Gasteiger partial charge in [0.15, 0.2) is 0 Å². The minimum Gasteiger partial charge on any atom is -0.329 e. The molecule has 0 aliphatic heterocycles. The van der Waals surface area contributed by atoms with Crippen LogP contribution in [0.1, 0.15) is 46.0 Å². The van der Waals surface area contributed by atoms with Gasteiger partial charge in [0, 0.05) is 18.3 Å². The number of nitrogens with zero attached hydrogens (tertiary/aromatic N) is 1. The average molecular weight is 290 g/mol. The minimum absolute atomic E-state index is 0.110. The van der Waals surface area contributed by atoms with E-state index >= 15 is 0 Å². The molecule has 0 radical (unpaired) electrons. The first-order valence-corrected chi connectivity index (χ1v) is 9.52. The molecular weight excluding hydrogens is 260 g/mol. The maximum absolute atomic E-state index is 11.2. The van der Waals surface area contributed by atoms with Crippen LogP contribution in [-0.2, 0) is 9.84 Å². The largest absolute Gasteiger partial charge is 0.329 e. The predicted octanol–water partition coefficient (Wildman–Crippen LogP) is 1.65. The third-order valence-corrected chi connectivity index (χ3v) is 5.61. The molecule has 4 nitrogen and oxygen atoms in total. The lowest BCUT2D eigenvalue weighted by molar-refractivity contribution is 0.0493. The van der Waals surface area contributed by atoms with Gasteiger partial charge >= 0.3 is 0 Å². The van der Waals surface area contributed by atoms with E-state index in [1.165, 1.54) is 19.1 Å². The van der Waals surface area contributed by atoms with E-state index in [1.54, 1.807) is 0 Å². The topological polar surface area (TPSA) is 63.4 Å². The van der Waals surface area contributed by atoms with Crippen LogP contribution in [0.25, 0.3) is 0 Å². The summed E-state index contributed by atoms with van der Waals surface area (Å²) in [6, 6.07) is 0. The lowest BCUT2D eigenvalue weighted by Crippen LogP contribution is -2.56. The van der Waals surface area contributed by atoms with Crippen LogP contribution in [0.4, 0.5) is 0 Å². The van der Waals surface area contributed by atoms with Gasteiger partial charge in [0.05, 0.1) is 5.75 Å². The Kier molecular flexibility index (Phi) is 6.27. The Morgan fingerprint density at radius 2 is 1.89 bits per heavy atom. The van der Waals surface area contributed by atoms with Gasteiger partial charge in [0.25, 0.3) is 0 Å². The van der Waals surface area contributed by atoms with Crippen LogP contribution in [0.15, 0.2) is 0 Å². The predicted molar refractivity (Wildman–Crippen MR) is 81.0 cm³/mol. The van der Waals surface area contributed by atoms with E-state index in [4.69, 9.17) is 5.73 Å². The number of nitrogens with two attached hydrogens (primary N) is 1. The molecule has 1 fully saturated rings. The Morgan fingerprint density at radius 1 is 1.32 bits per heavy atom. The standard InChI is InChI=1S/C14H30N2O2S/c1-4-16(10-5-11-19(3,17)18)14(12-15)8-6-13(2)7-9-14/h13H,4-12,15H2,1-3H3. The fourth-order valence-electron chi connectivity index (χ4n) is 3.20. The first-order valence-electron chi connectivity index (χ1n) is 7.46. The Hall–Kier alpha value is -0.130. The molecule has 0 aromatic rings. The van der Waals surface area contributed by atoms with Crippen LogP contribution in [0.5, 0.6) is 0 Å². The molecule has 114 valence electrons. The second kappa shape index (κ2) is 7.04. The van der Waals surface area contributed by atoms with Crippen molar-refractivity contribution in [2.24, 2.45) is 11.7 Å². The van der Waals surface area contributed by atoms with Gasteiger partial charge in [-0.25, -0.2) is 8.42 Å². The summed E-state index contributed by atoms with van der Waals surface area (Å²) in [5.74, 6) is 1.08. The van der Waals surface area contributed by atoms with Crippen molar-refractivity contribution in [2.45, 2.75) is 51.5 Å².